The van der Waals surface area contributed by atoms with Crippen LogP contribution in [0.3, 0.4) is 0 Å². The molecule has 0 aliphatic heterocycles. The molecule has 4 nitrogen and oxygen atoms in total. The lowest BCUT2D eigenvalue weighted by molar-refractivity contribution is -0.136. The molecule has 1 amide bonds. The highest BCUT2D eigenvalue weighted by Gasteiger charge is 2.31. The van der Waals surface area contributed by atoms with Crippen LogP contribution in [0.4, 0.5) is 5.69 Å². The molecule has 0 aliphatic carbocycles. The van der Waals surface area contributed by atoms with E-state index in [9.17, 15) is 4.79 Å². The van der Waals surface area contributed by atoms with Crippen LogP contribution in [0.25, 0.3) is 0 Å². The minimum Gasteiger partial charge on any atom is -0.493 e. The van der Waals surface area contributed by atoms with Crippen LogP contribution in [-0.4, -0.2) is 25.2 Å². The summed E-state index contributed by atoms with van der Waals surface area (Å²) >= 11 is 0. The van der Waals surface area contributed by atoms with Gasteiger partial charge in [0.05, 0.1) is 6.61 Å². The number of rotatable bonds is 7. The number of ether oxygens (including phenoxy) is 2. The van der Waals surface area contributed by atoms with E-state index >= 15 is 0 Å². The molecule has 1 aromatic carbocycles. The van der Waals surface area contributed by atoms with Gasteiger partial charge in [0.15, 0.2) is 0 Å². The van der Waals surface area contributed by atoms with Gasteiger partial charge >= 0.3 is 0 Å². The van der Waals surface area contributed by atoms with E-state index in [0.29, 0.717) is 13.0 Å². The Hall–Kier alpha value is -1.55. The predicted molar refractivity (Wildman–Crippen MR) is 86.0 cm³/mol. The molecule has 0 heterocycles. The van der Waals surface area contributed by atoms with Gasteiger partial charge in [-0.3, -0.25) is 4.79 Å². The van der Waals surface area contributed by atoms with E-state index in [1.54, 1.807) is 14.0 Å². The Labute approximate surface area is 127 Å². The minimum absolute atomic E-state index is 0.131. The molecule has 0 fully saturated rings. The standard InChI is InChI=1S/C17H27NO3/c1-7-9-21-15-12(3)10-14(11-13(15)4)18-16(19)17(5,8-2)20-6/h10-11H,7-9H2,1-6H3,(H,18,19)/t17-/m0/s1. The van der Waals surface area contributed by atoms with Crippen LogP contribution in [0.1, 0.15) is 44.7 Å². The molecule has 1 rings (SSSR count). The molecule has 1 N–H and O–H groups in total. The zero-order valence-electron chi connectivity index (χ0n) is 14.0. The Morgan fingerprint density at radius 1 is 1.24 bits per heavy atom. The van der Waals surface area contributed by atoms with Gasteiger partial charge in [-0.05, 0) is 56.9 Å². The van der Waals surface area contributed by atoms with Crippen molar-refractivity contribution in [2.75, 3.05) is 19.0 Å². The van der Waals surface area contributed by atoms with Crippen LogP contribution >= 0.6 is 0 Å². The summed E-state index contributed by atoms with van der Waals surface area (Å²) in [6.45, 7) is 10.5. The molecule has 21 heavy (non-hydrogen) atoms. The Kier molecular flexibility index (Phi) is 6.21. The number of carbonyl (C=O) groups excluding carboxylic acids is 1. The number of benzene rings is 1. The summed E-state index contributed by atoms with van der Waals surface area (Å²) < 4.78 is 11.1. The second-order valence-corrected chi connectivity index (χ2v) is 5.53. The number of carbonyl (C=O) groups is 1. The van der Waals surface area contributed by atoms with Crippen LogP contribution in [0.2, 0.25) is 0 Å². The van der Waals surface area contributed by atoms with Crippen LogP contribution in [-0.2, 0) is 9.53 Å². The molecule has 0 spiro atoms. The van der Waals surface area contributed by atoms with Gasteiger partial charge in [0.25, 0.3) is 5.91 Å². The first kappa shape index (κ1) is 17.5. The van der Waals surface area contributed by atoms with E-state index < -0.39 is 5.60 Å². The van der Waals surface area contributed by atoms with Gasteiger partial charge in [0, 0.05) is 12.8 Å². The van der Waals surface area contributed by atoms with Crippen LogP contribution in [0.15, 0.2) is 12.1 Å². The highest BCUT2D eigenvalue weighted by molar-refractivity contribution is 5.97. The van der Waals surface area contributed by atoms with Crippen LogP contribution < -0.4 is 10.1 Å². The van der Waals surface area contributed by atoms with Crippen molar-refractivity contribution >= 4 is 11.6 Å². The monoisotopic (exact) mass is 293 g/mol. The number of nitrogens with one attached hydrogen (secondary N) is 1. The molecule has 118 valence electrons. The number of hydrogen-bond acceptors (Lipinski definition) is 3. The lowest BCUT2D eigenvalue weighted by Crippen LogP contribution is -2.41. The Morgan fingerprint density at radius 3 is 2.24 bits per heavy atom. The van der Waals surface area contributed by atoms with Crippen molar-refractivity contribution in [2.45, 2.75) is 53.1 Å². The fraction of sp³-hybridized carbons (Fsp3) is 0.588. The summed E-state index contributed by atoms with van der Waals surface area (Å²) in [7, 11) is 1.56. The summed E-state index contributed by atoms with van der Waals surface area (Å²) in [5, 5.41) is 2.93. The lowest BCUT2D eigenvalue weighted by Gasteiger charge is -2.25. The zero-order valence-corrected chi connectivity index (χ0v) is 14.0. The first-order valence-corrected chi connectivity index (χ1v) is 7.48. The molecule has 0 bridgehead atoms. The largest absolute Gasteiger partial charge is 0.493 e. The molecular weight excluding hydrogens is 266 g/mol. The third kappa shape index (κ3) is 4.21. The Morgan fingerprint density at radius 2 is 1.81 bits per heavy atom. The number of amides is 1. The van der Waals surface area contributed by atoms with Gasteiger partial charge < -0.3 is 14.8 Å². The maximum absolute atomic E-state index is 12.3. The van der Waals surface area contributed by atoms with Crippen molar-refractivity contribution in [2.24, 2.45) is 0 Å². The number of hydrogen-bond donors (Lipinski definition) is 1. The minimum atomic E-state index is -0.806. The average molecular weight is 293 g/mol. The highest BCUT2D eigenvalue weighted by atomic mass is 16.5. The number of anilines is 1. The third-order valence-electron chi connectivity index (χ3n) is 3.77. The van der Waals surface area contributed by atoms with Gasteiger partial charge in [-0.2, -0.15) is 0 Å². The van der Waals surface area contributed by atoms with Crippen molar-refractivity contribution in [3.05, 3.63) is 23.3 Å². The Bertz CT molecular complexity index is 470. The number of aryl methyl sites for hydroxylation is 2. The molecule has 0 unspecified atom stereocenters. The van der Waals surface area contributed by atoms with E-state index in [-0.39, 0.29) is 5.91 Å². The molecule has 0 radical (unpaired) electrons. The van der Waals surface area contributed by atoms with Gasteiger partial charge in [0.1, 0.15) is 11.4 Å². The van der Waals surface area contributed by atoms with Crippen molar-refractivity contribution in [3.63, 3.8) is 0 Å². The Balaban J connectivity index is 2.93. The van der Waals surface area contributed by atoms with Crippen molar-refractivity contribution in [3.8, 4) is 5.75 Å². The van der Waals surface area contributed by atoms with Crippen molar-refractivity contribution in [1.29, 1.82) is 0 Å². The number of methoxy groups -OCH3 is 1. The van der Waals surface area contributed by atoms with Gasteiger partial charge in [-0.25, -0.2) is 0 Å². The SMILES string of the molecule is CCCOc1c(C)cc(NC(=O)[C@](C)(CC)OC)cc1C. The second-order valence-electron chi connectivity index (χ2n) is 5.53. The molecule has 0 saturated carbocycles. The fourth-order valence-electron chi connectivity index (χ4n) is 2.12. The zero-order chi connectivity index (χ0) is 16.0. The van der Waals surface area contributed by atoms with E-state index in [4.69, 9.17) is 9.47 Å². The molecule has 0 saturated heterocycles. The molecule has 1 aromatic rings. The molecule has 4 heteroatoms. The normalized spacial score (nSPS) is 13.6. The maximum Gasteiger partial charge on any atom is 0.256 e. The maximum atomic E-state index is 12.3. The third-order valence-corrected chi connectivity index (χ3v) is 3.77. The summed E-state index contributed by atoms with van der Waals surface area (Å²) in [4.78, 5) is 12.3. The van der Waals surface area contributed by atoms with E-state index in [1.807, 2.05) is 32.9 Å². The average Bonchev–Trinajstić information content (AvgIpc) is 2.45. The van der Waals surface area contributed by atoms with Crippen molar-refractivity contribution in [1.82, 2.24) is 0 Å². The molecule has 1 atom stereocenters. The molecule has 0 aromatic heterocycles. The van der Waals surface area contributed by atoms with Crippen molar-refractivity contribution < 1.29 is 14.3 Å². The predicted octanol–water partition coefficient (Wildman–Crippen LogP) is 3.85. The van der Waals surface area contributed by atoms with Crippen LogP contribution in [0, 0.1) is 13.8 Å². The lowest BCUT2D eigenvalue weighted by atomic mass is 10.0. The quantitative estimate of drug-likeness (QED) is 0.830. The molecule has 0 aliphatic rings. The summed E-state index contributed by atoms with van der Waals surface area (Å²) in [5.74, 6) is 0.772. The first-order valence-electron chi connectivity index (χ1n) is 7.48. The summed E-state index contributed by atoms with van der Waals surface area (Å²) in [6.07, 6.45) is 1.59. The van der Waals surface area contributed by atoms with E-state index in [0.717, 1.165) is 29.0 Å². The van der Waals surface area contributed by atoms with Gasteiger partial charge in [0.2, 0.25) is 0 Å². The van der Waals surface area contributed by atoms with Gasteiger partial charge in [-0.15, -0.1) is 0 Å². The first-order chi connectivity index (χ1) is 9.87. The molecular formula is C17H27NO3. The summed E-state index contributed by atoms with van der Waals surface area (Å²) in [6, 6.07) is 3.86. The van der Waals surface area contributed by atoms with E-state index in [2.05, 4.69) is 12.2 Å². The van der Waals surface area contributed by atoms with Crippen LogP contribution in [0.5, 0.6) is 5.75 Å². The summed E-state index contributed by atoms with van der Waals surface area (Å²) in [5.41, 5.74) is 2.01. The fourth-order valence-corrected chi connectivity index (χ4v) is 2.12. The smallest absolute Gasteiger partial charge is 0.256 e. The second kappa shape index (κ2) is 7.46. The van der Waals surface area contributed by atoms with E-state index in [1.165, 1.54) is 0 Å². The topological polar surface area (TPSA) is 47.6 Å². The van der Waals surface area contributed by atoms with Gasteiger partial charge in [-0.1, -0.05) is 13.8 Å². The highest BCUT2D eigenvalue weighted by Crippen LogP contribution is 2.28.